The number of anilines is 1. The molecule has 0 saturated carbocycles. The molecule has 0 aromatic heterocycles. The van der Waals surface area contributed by atoms with E-state index >= 15 is 0 Å². The summed E-state index contributed by atoms with van der Waals surface area (Å²) in [6, 6.07) is 12.2. The van der Waals surface area contributed by atoms with E-state index in [9.17, 15) is 22.8 Å². The number of halogens is 3. The van der Waals surface area contributed by atoms with Crippen LogP contribution in [0.15, 0.2) is 53.4 Å². The van der Waals surface area contributed by atoms with Gasteiger partial charge in [0.1, 0.15) is 0 Å². The van der Waals surface area contributed by atoms with E-state index in [0.29, 0.717) is 5.69 Å². The van der Waals surface area contributed by atoms with Crippen LogP contribution in [-0.4, -0.2) is 17.3 Å². The molecule has 0 heterocycles. The second kappa shape index (κ2) is 8.06. The maximum Gasteiger partial charge on any atom is 0.446 e. The lowest BCUT2D eigenvalue weighted by atomic mass is 10.2. The molecule has 8 heteroatoms. The molecule has 0 spiro atoms. The highest BCUT2D eigenvalue weighted by Gasteiger charge is 2.29. The minimum atomic E-state index is -4.35. The van der Waals surface area contributed by atoms with Crippen molar-refractivity contribution in [3.63, 3.8) is 0 Å². The molecule has 25 heavy (non-hydrogen) atoms. The van der Waals surface area contributed by atoms with Gasteiger partial charge in [-0.05, 0) is 53.7 Å². The van der Waals surface area contributed by atoms with E-state index < -0.39 is 5.51 Å². The van der Waals surface area contributed by atoms with Crippen molar-refractivity contribution in [1.29, 1.82) is 0 Å². The van der Waals surface area contributed by atoms with Gasteiger partial charge in [0.25, 0.3) is 5.91 Å². The van der Waals surface area contributed by atoms with Crippen LogP contribution < -0.4 is 10.6 Å². The lowest BCUT2D eigenvalue weighted by molar-refractivity contribution is -0.114. The Kier molecular flexibility index (Phi) is 6.08. The Balaban J connectivity index is 1.90. The Morgan fingerprint density at radius 1 is 1.00 bits per heavy atom. The summed E-state index contributed by atoms with van der Waals surface area (Å²) in [6.45, 7) is 1.67. The minimum Gasteiger partial charge on any atom is -0.348 e. The molecule has 2 amide bonds. The molecule has 0 aliphatic heterocycles. The van der Waals surface area contributed by atoms with E-state index in [2.05, 4.69) is 10.6 Å². The molecule has 0 aliphatic rings. The summed E-state index contributed by atoms with van der Waals surface area (Å²) < 4.78 is 36.8. The molecule has 2 aromatic carbocycles. The predicted molar refractivity (Wildman–Crippen MR) is 90.3 cm³/mol. The van der Waals surface area contributed by atoms with E-state index in [1.54, 1.807) is 24.3 Å². The van der Waals surface area contributed by atoms with E-state index in [-0.39, 0.29) is 40.6 Å². The summed E-state index contributed by atoms with van der Waals surface area (Å²) in [6.07, 6.45) is 0. The van der Waals surface area contributed by atoms with Crippen LogP contribution in [0.2, 0.25) is 0 Å². The van der Waals surface area contributed by atoms with Gasteiger partial charge in [0.15, 0.2) is 0 Å². The van der Waals surface area contributed by atoms with Crippen molar-refractivity contribution in [3.8, 4) is 0 Å². The first kappa shape index (κ1) is 18.9. The number of nitrogens with one attached hydrogen (secondary N) is 2. The minimum absolute atomic E-state index is 0.0256. The highest BCUT2D eigenvalue weighted by molar-refractivity contribution is 8.00. The first-order valence-corrected chi connectivity index (χ1v) is 8.05. The molecule has 0 aliphatic carbocycles. The first-order valence-electron chi connectivity index (χ1n) is 7.23. The number of benzene rings is 2. The standard InChI is InChI=1S/C17H15F3N2O2S/c1-11(23)22-14-6-2-12(3-7-14)10-21-16(24)13-4-8-15(9-5-13)25-17(18,19)20/h2-9H,10H2,1H3,(H,21,24)(H,22,23). The summed E-state index contributed by atoms with van der Waals surface area (Å²) in [5, 5.41) is 5.32. The number of amides is 2. The zero-order valence-electron chi connectivity index (χ0n) is 13.2. The predicted octanol–water partition coefficient (Wildman–Crippen LogP) is 4.19. The molecule has 2 rings (SSSR count). The summed E-state index contributed by atoms with van der Waals surface area (Å²) in [7, 11) is 0. The normalized spacial score (nSPS) is 11.0. The molecule has 0 saturated heterocycles. The number of thioether (sulfide) groups is 1. The van der Waals surface area contributed by atoms with Gasteiger partial charge >= 0.3 is 5.51 Å². The molecular formula is C17H15F3N2O2S. The SMILES string of the molecule is CC(=O)Nc1ccc(CNC(=O)c2ccc(SC(F)(F)F)cc2)cc1. The summed E-state index contributed by atoms with van der Waals surface area (Å²) in [5.41, 5.74) is -2.60. The van der Waals surface area contributed by atoms with Crippen molar-refractivity contribution in [1.82, 2.24) is 5.32 Å². The van der Waals surface area contributed by atoms with Crippen LogP contribution in [0, 0.1) is 0 Å². The van der Waals surface area contributed by atoms with Crippen LogP contribution in [0.4, 0.5) is 18.9 Å². The molecule has 0 unspecified atom stereocenters. The molecule has 132 valence electrons. The third-order valence-corrected chi connectivity index (χ3v) is 3.82. The van der Waals surface area contributed by atoms with Gasteiger partial charge in [0.2, 0.25) is 5.91 Å². The van der Waals surface area contributed by atoms with Crippen molar-refractivity contribution in [2.24, 2.45) is 0 Å². The third-order valence-electron chi connectivity index (χ3n) is 3.08. The van der Waals surface area contributed by atoms with E-state index in [4.69, 9.17) is 0 Å². The van der Waals surface area contributed by atoms with Crippen LogP contribution in [0.25, 0.3) is 0 Å². The highest BCUT2D eigenvalue weighted by atomic mass is 32.2. The van der Waals surface area contributed by atoms with Crippen molar-refractivity contribution in [2.75, 3.05) is 5.32 Å². The number of hydrogen-bond acceptors (Lipinski definition) is 3. The maximum atomic E-state index is 12.3. The van der Waals surface area contributed by atoms with Crippen molar-refractivity contribution >= 4 is 29.3 Å². The second-order valence-electron chi connectivity index (χ2n) is 5.13. The molecule has 0 atom stereocenters. The smallest absolute Gasteiger partial charge is 0.348 e. The molecule has 0 fully saturated rings. The fourth-order valence-corrected chi connectivity index (χ4v) is 2.54. The number of alkyl halides is 3. The van der Waals surface area contributed by atoms with Crippen molar-refractivity contribution < 1.29 is 22.8 Å². The van der Waals surface area contributed by atoms with Gasteiger partial charge < -0.3 is 10.6 Å². The average Bonchev–Trinajstić information content (AvgIpc) is 2.52. The van der Waals surface area contributed by atoms with Crippen LogP contribution in [-0.2, 0) is 11.3 Å². The van der Waals surface area contributed by atoms with Crippen LogP contribution in [0.5, 0.6) is 0 Å². The summed E-state index contributed by atoms with van der Waals surface area (Å²) >= 11 is -0.225. The molecule has 2 aromatic rings. The van der Waals surface area contributed by atoms with Crippen molar-refractivity contribution in [2.45, 2.75) is 23.9 Å². The molecule has 0 radical (unpaired) electrons. The molecule has 2 N–H and O–H groups in total. The lowest BCUT2D eigenvalue weighted by Crippen LogP contribution is -2.22. The first-order chi connectivity index (χ1) is 11.7. The maximum absolute atomic E-state index is 12.3. The molecular weight excluding hydrogens is 353 g/mol. The van der Waals surface area contributed by atoms with E-state index in [1.807, 2.05) is 0 Å². The topological polar surface area (TPSA) is 58.2 Å². The second-order valence-corrected chi connectivity index (χ2v) is 6.27. The van der Waals surface area contributed by atoms with Crippen molar-refractivity contribution in [3.05, 3.63) is 59.7 Å². The number of rotatable bonds is 5. The summed E-state index contributed by atoms with van der Waals surface area (Å²) in [4.78, 5) is 23.0. The van der Waals surface area contributed by atoms with Gasteiger partial charge in [-0.25, -0.2) is 0 Å². The van der Waals surface area contributed by atoms with Gasteiger partial charge in [-0.3, -0.25) is 9.59 Å². The molecule has 0 bridgehead atoms. The Hall–Kier alpha value is -2.48. The lowest BCUT2D eigenvalue weighted by Gasteiger charge is -2.08. The summed E-state index contributed by atoms with van der Waals surface area (Å²) in [5.74, 6) is -0.553. The van der Waals surface area contributed by atoms with E-state index in [1.165, 1.54) is 31.2 Å². The third kappa shape index (κ3) is 6.50. The van der Waals surface area contributed by atoms with Crippen LogP contribution in [0.1, 0.15) is 22.8 Å². The van der Waals surface area contributed by atoms with Crippen LogP contribution >= 0.6 is 11.8 Å². The Morgan fingerprint density at radius 3 is 2.12 bits per heavy atom. The largest absolute Gasteiger partial charge is 0.446 e. The van der Waals surface area contributed by atoms with Crippen LogP contribution in [0.3, 0.4) is 0 Å². The zero-order chi connectivity index (χ0) is 18.4. The number of carbonyl (C=O) groups is 2. The monoisotopic (exact) mass is 368 g/mol. The fourth-order valence-electron chi connectivity index (χ4n) is 2.00. The number of hydrogen-bond donors (Lipinski definition) is 2. The van der Waals surface area contributed by atoms with Gasteiger partial charge in [0, 0.05) is 29.6 Å². The van der Waals surface area contributed by atoms with Gasteiger partial charge in [-0.1, -0.05) is 12.1 Å². The van der Waals surface area contributed by atoms with Gasteiger partial charge in [-0.2, -0.15) is 13.2 Å². The zero-order valence-corrected chi connectivity index (χ0v) is 14.0. The van der Waals surface area contributed by atoms with Gasteiger partial charge in [-0.15, -0.1) is 0 Å². The quantitative estimate of drug-likeness (QED) is 0.778. The fraction of sp³-hybridized carbons (Fsp3) is 0.176. The van der Waals surface area contributed by atoms with Gasteiger partial charge in [0.05, 0.1) is 0 Å². The number of carbonyl (C=O) groups excluding carboxylic acids is 2. The Labute approximate surface area is 146 Å². The average molecular weight is 368 g/mol. The highest BCUT2D eigenvalue weighted by Crippen LogP contribution is 2.36. The van der Waals surface area contributed by atoms with E-state index in [0.717, 1.165) is 5.56 Å². The molecule has 4 nitrogen and oxygen atoms in total. The Bertz CT molecular complexity index is 744. The Morgan fingerprint density at radius 2 is 1.60 bits per heavy atom.